The third-order valence-corrected chi connectivity index (χ3v) is 12.2. The summed E-state index contributed by atoms with van der Waals surface area (Å²) >= 11 is 2.23. The number of rotatable bonds is 32. The standard InChI is InChI=1S/C42H82O2S/c1-3-5-7-9-13-19-29-39(41-33-23-25-35-43-41)31-21-15-11-17-27-37-45-38-28-18-12-16-22-32-40(42-34-24-26-36-44-42)30-20-14-10-8-6-4-2/h39-42H,3-38H2,1-2H3. The molecular weight excluding hydrogens is 569 g/mol. The molecule has 0 N–H and O–H groups in total. The molecule has 2 fully saturated rings. The monoisotopic (exact) mass is 651 g/mol. The molecule has 0 aliphatic carbocycles. The number of ether oxygens (including phenoxy) is 2. The van der Waals surface area contributed by atoms with Crippen molar-refractivity contribution in [2.45, 2.75) is 232 Å². The van der Waals surface area contributed by atoms with Crippen molar-refractivity contribution in [3.8, 4) is 0 Å². The molecule has 2 aliphatic rings. The zero-order chi connectivity index (χ0) is 31.9. The molecule has 0 bridgehead atoms. The lowest BCUT2D eigenvalue weighted by Gasteiger charge is -2.31. The molecule has 0 aromatic heterocycles. The number of unbranched alkanes of at least 4 members (excludes halogenated alkanes) is 18. The van der Waals surface area contributed by atoms with E-state index in [1.54, 1.807) is 0 Å². The number of hydrogen-bond acceptors (Lipinski definition) is 3. The molecule has 0 amide bonds. The average molecular weight is 651 g/mol. The van der Waals surface area contributed by atoms with Crippen molar-refractivity contribution < 1.29 is 9.47 Å². The summed E-state index contributed by atoms with van der Waals surface area (Å²) in [6.45, 7) is 6.67. The minimum absolute atomic E-state index is 0.578. The molecule has 4 unspecified atom stereocenters. The van der Waals surface area contributed by atoms with Crippen LogP contribution < -0.4 is 0 Å². The minimum Gasteiger partial charge on any atom is -0.378 e. The summed E-state index contributed by atoms with van der Waals surface area (Å²) in [5, 5.41) is 0. The van der Waals surface area contributed by atoms with Crippen LogP contribution in [0.1, 0.15) is 219 Å². The Bertz CT molecular complexity index is 535. The normalized spacial score (nSPS) is 20.4. The molecule has 2 saturated heterocycles. The Hall–Kier alpha value is 0.270. The summed E-state index contributed by atoms with van der Waals surface area (Å²) in [7, 11) is 0. The first-order valence-electron chi connectivity index (χ1n) is 21.2. The van der Waals surface area contributed by atoms with Gasteiger partial charge in [-0.3, -0.25) is 0 Å². The second-order valence-electron chi connectivity index (χ2n) is 15.2. The van der Waals surface area contributed by atoms with Gasteiger partial charge in [0.05, 0.1) is 12.2 Å². The zero-order valence-corrected chi connectivity index (χ0v) is 31.8. The van der Waals surface area contributed by atoms with Gasteiger partial charge in [0, 0.05) is 13.2 Å². The highest BCUT2D eigenvalue weighted by atomic mass is 32.2. The molecule has 0 spiro atoms. The van der Waals surface area contributed by atoms with Crippen LogP contribution in [0.15, 0.2) is 0 Å². The summed E-state index contributed by atoms with van der Waals surface area (Å²) in [6, 6.07) is 0. The SMILES string of the molecule is CCCCCCCCC(CCCCCCCSCCCCCCCC(CCCCCCCC)C1CCCCO1)C1CCCCO1. The lowest BCUT2D eigenvalue weighted by atomic mass is 9.86. The maximum Gasteiger partial charge on any atom is 0.0603 e. The van der Waals surface area contributed by atoms with Crippen molar-refractivity contribution in [2.75, 3.05) is 24.7 Å². The zero-order valence-electron chi connectivity index (χ0n) is 31.0. The molecular formula is C42H82O2S. The van der Waals surface area contributed by atoms with Crippen molar-refractivity contribution in [2.24, 2.45) is 11.8 Å². The summed E-state index contributed by atoms with van der Waals surface area (Å²) in [5.41, 5.74) is 0. The van der Waals surface area contributed by atoms with Crippen LogP contribution in [0, 0.1) is 11.8 Å². The number of hydrogen-bond donors (Lipinski definition) is 0. The molecule has 0 aromatic carbocycles. The molecule has 0 radical (unpaired) electrons. The van der Waals surface area contributed by atoms with Crippen molar-refractivity contribution in [3.05, 3.63) is 0 Å². The number of thioether (sulfide) groups is 1. The van der Waals surface area contributed by atoms with E-state index in [1.165, 1.54) is 217 Å². The van der Waals surface area contributed by atoms with Crippen LogP contribution in [0.25, 0.3) is 0 Å². The Labute approximate surface area is 288 Å². The fraction of sp³-hybridized carbons (Fsp3) is 1.00. The fourth-order valence-corrected chi connectivity index (χ4v) is 9.09. The van der Waals surface area contributed by atoms with E-state index >= 15 is 0 Å². The molecule has 2 rings (SSSR count). The summed E-state index contributed by atoms with van der Waals surface area (Å²) in [6.07, 6.45) is 46.3. The van der Waals surface area contributed by atoms with Crippen molar-refractivity contribution in [3.63, 3.8) is 0 Å². The summed E-state index contributed by atoms with van der Waals surface area (Å²) < 4.78 is 12.5. The predicted molar refractivity (Wildman–Crippen MR) is 203 cm³/mol. The minimum atomic E-state index is 0.578. The van der Waals surface area contributed by atoms with Gasteiger partial charge in [-0.15, -0.1) is 0 Å². The van der Waals surface area contributed by atoms with Crippen LogP contribution in [-0.2, 0) is 9.47 Å². The second-order valence-corrected chi connectivity index (χ2v) is 16.4. The molecule has 2 heterocycles. The molecule has 45 heavy (non-hydrogen) atoms. The van der Waals surface area contributed by atoms with Gasteiger partial charge in [-0.05, 0) is 100 Å². The van der Waals surface area contributed by atoms with Gasteiger partial charge in [0.15, 0.2) is 0 Å². The molecule has 4 atom stereocenters. The van der Waals surface area contributed by atoms with E-state index < -0.39 is 0 Å². The lowest BCUT2D eigenvalue weighted by Crippen LogP contribution is -2.28. The fourth-order valence-electron chi connectivity index (χ4n) is 8.06. The third-order valence-electron chi connectivity index (χ3n) is 11.1. The van der Waals surface area contributed by atoms with E-state index in [1.807, 2.05) is 0 Å². The van der Waals surface area contributed by atoms with Crippen molar-refractivity contribution in [1.29, 1.82) is 0 Å². The van der Waals surface area contributed by atoms with Gasteiger partial charge >= 0.3 is 0 Å². The molecule has 0 aromatic rings. The summed E-state index contributed by atoms with van der Waals surface area (Å²) in [5.74, 6) is 4.45. The maximum atomic E-state index is 6.26. The largest absolute Gasteiger partial charge is 0.378 e. The second kappa shape index (κ2) is 31.5. The van der Waals surface area contributed by atoms with E-state index in [0.717, 1.165) is 25.0 Å². The molecule has 268 valence electrons. The Balaban J connectivity index is 1.40. The van der Waals surface area contributed by atoms with Gasteiger partial charge in [-0.2, -0.15) is 11.8 Å². The van der Waals surface area contributed by atoms with Gasteiger partial charge in [0.25, 0.3) is 0 Å². The van der Waals surface area contributed by atoms with Crippen LogP contribution >= 0.6 is 11.8 Å². The van der Waals surface area contributed by atoms with Crippen LogP contribution in [0.2, 0.25) is 0 Å². The van der Waals surface area contributed by atoms with Gasteiger partial charge in [0.1, 0.15) is 0 Å². The highest BCUT2D eigenvalue weighted by Gasteiger charge is 2.25. The van der Waals surface area contributed by atoms with Gasteiger partial charge in [-0.25, -0.2) is 0 Å². The molecule has 2 aliphatic heterocycles. The van der Waals surface area contributed by atoms with Crippen LogP contribution in [0.5, 0.6) is 0 Å². The Morgan fingerprint density at radius 3 is 1.09 bits per heavy atom. The van der Waals surface area contributed by atoms with E-state index in [2.05, 4.69) is 25.6 Å². The van der Waals surface area contributed by atoms with Crippen molar-refractivity contribution >= 4 is 11.8 Å². The van der Waals surface area contributed by atoms with E-state index in [4.69, 9.17) is 9.47 Å². The van der Waals surface area contributed by atoms with Gasteiger partial charge in [-0.1, -0.05) is 142 Å². The van der Waals surface area contributed by atoms with Crippen LogP contribution in [0.4, 0.5) is 0 Å². The van der Waals surface area contributed by atoms with Gasteiger partial charge < -0.3 is 9.47 Å². The van der Waals surface area contributed by atoms with E-state index in [9.17, 15) is 0 Å². The first kappa shape index (κ1) is 41.4. The van der Waals surface area contributed by atoms with E-state index in [-0.39, 0.29) is 0 Å². The quantitative estimate of drug-likeness (QED) is 0.0675. The Morgan fingerprint density at radius 1 is 0.422 bits per heavy atom. The van der Waals surface area contributed by atoms with E-state index in [0.29, 0.717) is 12.2 Å². The highest BCUT2D eigenvalue weighted by molar-refractivity contribution is 7.99. The first-order valence-corrected chi connectivity index (χ1v) is 22.3. The van der Waals surface area contributed by atoms with Crippen LogP contribution in [-0.4, -0.2) is 36.9 Å². The molecule has 2 nitrogen and oxygen atoms in total. The van der Waals surface area contributed by atoms with Crippen molar-refractivity contribution in [1.82, 2.24) is 0 Å². The Kier molecular flexibility index (Phi) is 29.0. The van der Waals surface area contributed by atoms with Gasteiger partial charge in [0.2, 0.25) is 0 Å². The third kappa shape index (κ3) is 23.3. The molecule has 0 saturated carbocycles. The summed E-state index contributed by atoms with van der Waals surface area (Å²) in [4.78, 5) is 0. The lowest BCUT2D eigenvalue weighted by molar-refractivity contribution is -0.0267. The molecule has 3 heteroatoms. The smallest absolute Gasteiger partial charge is 0.0603 e. The maximum absolute atomic E-state index is 6.26. The topological polar surface area (TPSA) is 18.5 Å². The predicted octanol–water partition coefficient (Wildman–Crippen LogP) is 14.3. The van der Waals surface area contributed by atoms with Crippen LogP contribution in [0.3, 0.4) is 0 Å². The average Bonchev–Trinajstić information content (AvgIpc) is 3.08. The highest BCUT2D eigenvalue weighted by Crippen LogP contribution is 2.30. The first-order chi connectivity index (χ1) is 22.3. The Morgan fingerprint density at radius 2 is 0.756 bits per heavy atom.